The molecule has 1 saturated carbocycles. The van der Waals surface area contributed by atoms with Crippen LogP contribution in [-0.4, -0.2) is 54.7 Å². The van der Waals surface area contributed by atoms with Gasteiger partial charge in [0, 0.05) is 19.6 Å². The average Bonchev–Trinajstić information content (AvgIpc) is 3.51. The number of carbonyl (C=O) groups excluding carboxylic acids is 2. The zero-order valence-corrected chi connectivity index (χ0v) is 16.1. The van der Waals surface area contributed by atoms with Gasteiger partial charge < -0.3 is 15.0 Å². The van der Waals surface area contributed by atoms with Crippen molar-refractivity contribution >= 4 is 17.4 Å². The molecule has 0 unspecified atom stereocenters. The summed E-state index contributed by atoms with van der Waals surface area (Å²) in [5.74, 6) is -0.251. The lowest BCUT2D eigenvalue weighted by Crippen LogP contribution is -2.59. The molecule has 2 fully saturated rings. The highest BCUT2D eigenvalue weighted by Crippen LogP contribution is 2.52. The smallest absolute Gasteiger partial charge is 0.248 e. The lowest BCUT2D eigenvalue weighted by Gasteiger charge is -2.38. The zero-order chi connectivity index (χ0) is 19.7. The summed E-state index contributed by atoms with van der Waals surface area (Å²) in [6.45, 7) is 1.89. The van der Waals surface area contributed by atoms with Crippen LogP contribution in [0.25, 0.3) is 5.57 Å². The summed E-state index contributed by atoms with van der Waals surface area (Å²) in [7, 11) is 1.65. The molecule has 1 saturated heterocycles. The summed E-state index contributed by atoms with van der Waals surface area (Å²) < 4.78 is 5.29. The first-order valence-electron chi connectivity index (χ1n) is 9.85. The van der Waals surface area contributed by atoms with E-state index in [4.69, 9.17) is 9.94 Å². The maximum atomic E-state index is 13.1. The van der Waals surface area contributed by atoms with E-state index in [1.807, 2.05) is 24.3 Å². The summed E-state index contributed by atoms with van der Waals surface area (Å²) in [5.41, 5.74) is 4.19. The summed E-state index contributed by atoms with van der Waals surface area (Å²) in [6.07, 6.45) is 5.63. The van der Waals surface area contributed by atoms with E-state index in [-0.39, 0.29) is 11.3 Å². The molecule has 1 spiro atoms. The number of amides is 2. The summed E-state index contributed by atoms with van der Waals surface area (Å²) in [4.78, 5) is 27.1. The summed E-state index contributed by atoms with van der Waals surface area (Å²) >= 11 is 0. The molecule has 3 aliphatic rings. The first-order chi connectivity index (χ1) is 13.5. The third-order valence-electron chi connectivity index (χ3n) is 6.38. The van der Waals surface area contributed by atoms with Crippen molar-refractivity contribution in [1.82, 2.24) is 15.7 Å². The number of piperidine rings is 1. The largest absolute Gasteiger partial charge is 0.497 e. The molecular formula is C21H27N3O4. The van der Waals surface area contributed by atoms with Gasteiger partial charge in [0.25, 0.3) is 0 Å². The first kappa shape index (κ1) is 19.0. The number of hydrogen-bond donors (Lipinski definition) is 3. The lowest BCUT2D eigenvalue weighted by molar-refractivity contribution is -0.144. The highest BCUT2D eigenvalue weighted by molar-refractivity contribution is 5.90. The normalized spacial score (nSPS) is 25.8. The molecule has 3 N–H and O–H groups in total. The maximum absolute atomic E-state index is 13.1. The van der Waals surface area contributed by atoms with Crippen LogP contribution < -0.4 is 15.5 Å². The third kappa shape index (κ3) is 3.64. The molecule has 1 aromatic rings. The van der Waals surface area contributed by atoms with Crippen molar-refractivity contribution in [2.75, 3.05) is 26.7 Å². The van der Waals surface area contributed by atoms with Gasteiger partial charge in [0.1, 0.15) is 5.75 Å². The Balaban J connectivity index is 1.45. The van der Waals surface area contributed by atoms with Crippen molar-refractivity contribution in [3.05, 3.63) is 35.9 Å². The molecule has 7 nitrogen and oxygen atoms in total. The fourth-order valence-electron chi connectivity index (χ4n) is 4.42. The van der Waals surface area contributed by atoms with Crippen LogP contribution in [0.3, 0.4) is 0 Å². The highest BCUT2D eigenvalue weighted by atomic mass is 16.5. The Hall–Kier alpha value is -2.38. The predicted molar refractivity (Wildman–Crippen MR) is 104 cm³/mol. The van der Waals surface area contributed by atoms with Crippen LogP contribution >= 0.6 is 0 Å². The van der Waals surface area contributed by atoms with E-state index in [9.17, 15) is 9.59 Å². The topological polar surface area (TPSA) is 90.9 Å². The molecule has 28 heavy (non-hydrogen) atoms. The van der Waals surface area contributed by atoms with Crippen LogP contribution in [0.2, 0.25) is 0 Å². The molecule has 2 amide bonds. The van der Waals surface area contributed by atoms with E-state index in [0.29, 0.717) is 19.5 Å². The number of rotatable bonds is 4. The molecule has 1 aromatic carbocycles. The van der Waals surface area contributed by atoms with Crippen molar-refractivity contribution in [2.45, 2.75) is 31.7 Å². The van der Waals surface area contributed by atoms with E-state index in [1.54, 1.807) is 17.5 Å². The number of nitrogens with zero attached hydrogens (tertiary/aromatic N) is 1. The fourth-order valence-corrected chi connectivity index (χ4v) is 4.42. The monoisotopic (exact) mass is 385 g/mol. The van der Waals surface area contributed by atoms with Gasteiger partial charge >= 0.3 is 0 Å². The molecule has 0 aromatic heterocycles. The van der Waals surface area contributed by atoms with Crippen LogP contribution in [0, 0.1) is 11.3 Å². The van der Waals surface area contributed by atoms with Gasteiger partial charge in [0.15, 0.2) is 0 Å². The van der Waals surface area contributed by atoms with Crippen LogP contribution in [0.15, 0.2) is 30.3 Å². The number of hydrogen-bond acceptors (Lipinski definition) is 5. The summed E-state index contributed by atoms with van der Waals surface area (Å²) in [6, 6.07) is 7.35. The molecule has 2 atom stereocenters. The first-order valence-corrected chi connectivity index (χ1v) is 9.85. The van der Waals surface area contributed by atoms with Crippen molar-refractivity contribution in [2.24, 2.45) is 11.3 Å². The predicted octanol–water partition coefficient (Wildman–Crippen LogP) is 1.57. The van der Waals surface area contributed by atoms with E-state index in [1.165, 1.54) is 5.57 Å². The number of hydroxylamine groups is 1. The minimum Gasteiger partial charge on any atom is -0.497 e. The van der Waals surface area contributed by atoms with Crippen LogP contribution in [0.1, 0.15) is 31.2 Å². The van der Waals surface area contributed by atoms with Crippen molar-refractivity contribution in [3.63, 3.8) is 0 Å². The van der Waals surface area contributed by atoms with Crippen LogP contribution in [-0.2, 0) is 9.59 Å². The second-order valence-electron chi connectivity index (χ2n) is 8.14. The quantitative estimate of drug-likeness (QED) is 0.541. The Labute approximate surface area is 164 Å². The molecular weight excluding hydrogens is 358 g/mol. The second-order valence-corrected chi connectivity index (χ2v) is 8.14. The lowest BCUT2D eigenvalue weighted by atomic mass is 9.81. The molecule has 0 radical (unpaired) electrons. The van der Waals surface area contributed by atoms with E-state index in [0.717, 1.165) is 37.1 Å². The molecule has 4 rings (SSSR count). The zero-order valence-electron chi connectivity index (χ0n) is 16.1. The second kappa shape index (κ2) is 7.56. The van der Waals surface area contributed by atoms with Gasteiger partial charge in [-0.25, -0.2) is 5.48 Å². The van der Waals surface area contributed by atoms with Crippen LogP contribution in [0.4, 0.5) is 0 Å². The Kier molecular flexibility index (Phi) is 5.12. The minimum absolute atomic E-state index is 0.0648. The summed E-state index contributed by atoms with van der Waals surface area (Å²) in [5, 5.41) is 12.4. The number of carbonyl (C=O) groups is 2. The molecule has 2 aliphatic heterocycles. The van der Waals surface area contributed by atoms with E-state index >= 15 is 0 Å². The van der Waals surface area contributed by atoms with Gasteiger partial charge in [0.2, 0.25) is 11.8 Å². The van der Waals surface area contributed by atoms with Gasteiger partial charge in [-0.15, -0.1) is 0 Å². The molecule has 2 heterocycles. The molecule has 150 valence electrons. The standard InChI is InChI=1S/C21H27N3O4/c1-28-16-4-2-3-15(11-16)14-5-9-24(10-6-14)20(26)18-17(19(25)23-27)12-21(7-8-21)13-22-18/h2-5,11,17-18,22,27H,6-10,12-13H2,1H3,(H,23,25)/t17-,18-/m0/s1. The van der Waals surface area contributed by atoms with Crippen molar-refractivity contribution < 1.29 is 19.5 Å². The Morgan fingerprint density at radius 2 is 2.18 bits per heavy atom. The van der Waals surface area contributed by atoms with Crippen molar-refractivity contribution in [3.8, 4) is 5.75 Å². The van der Waals surface area contributed by atoms with Gasteiger partial charge in [-0.3, -0.25) is 14.8 Å². The SMILES string of the molecule is COc1cccc(C2=CCN(C(=O)[C@H]3NCC4(CC4)C[C@@H]3C(=O)NO)CC2)c1. The van der Waals surface area contributed by atoms with Gasteiger partial charge in [-0.2, -0.15) is 0 Å². The maximum Gasteiger partial charge on any atom is 0.248 e. The van der Waals surface area contributed by atoms with E-state index in [2.05, 4.69) is 11.4 Å². The van der Waals surface area contributed by atoms with E-state index < -0.39 is 17.9 Å². The molecule has 0 bridgehead atoms. The highest BCUT2D eigenvalue weighted by Gasteiger charge is 2.52. The Morgan fingerprint density at radius 3 is 2.82 bits per heavy atom. The number of methoxy groups -OCH3 is 1. The fraction of sp³-hybridized carbons (Fsp3) is 0.524. The minimum atomic E-state index is -0.579. The van der Waals surface area contributed by atoms with Gasteiger partial charge in [-0.1, -0.05) is 18.2 Å². The average molecular weight is 385 g/mol. The Bertz CT molecular complexity index is 803. The molecule has 7 heteroatoms. The van der Waals surface area contributed by atoms with Gasteiger partial charge in [-0.05, 0) is 54.4 Å². The van der Waals surface area contributed by atoms with Gasteiger partial charge in [0.05, 0.1) is 19.1 Å². The number of benzene rings is 1. The number of nitrogens with one attached hydrogen (secondary N) is 2. The van der Waals surface area contributed by atoms with Crippen LogP contribution in [0.5, 0.6) is 5.75 Å². The van der Waals surface area contributed by atoms with Crippen molar-refractivity contribution in [1.29, 1.82) is 0 Å². The molecule has 1 aliphatic carbocycles. The Morgan fingerprint density at radius 1 is 1.36 bits per heavy atom. The third-order valence-corrected chi connectivity index (χ3v) is 6.38. The number of ether oxygens (including phenoxy) is 1.